The fourth-order valence-electron chi connectivity index (χ4n) is 2.41. The molecule has 2 unspecified atom stereocenters. The van der Waals surface area contributed by atoms with Crippen LogP contribution >= 0.6 is 0 Å². The van der Waals surface area contributed by atoms with Crippen LogP contribution in [0.25, 0.3) is 0 Å². The van der Waals surface area contributed by atoms with E-state index in [1.165, 1.54) is 12.8 Å². The van der Waals surface area contributed by atoms with Gasteiger partial charge in [0.1, 0.15) is 5.75 Å². The van der Waals surface area contributed by atoms with E-state index in [0.717, 1.165) is 11.3 Å². The van der Waals surface area contributed by atoms with E-state index in [2.05, 4.69) is 5.43 Å². The van der Waals surface area contributed by atoms with Crippen LogP contribution in [-0.4, -0.2) is 19.8 Å². The Hall–Kier alpha value is -1.10. The third kappa shape index (κ3) is 2.83. The van der Waals surface area contributed by atoms with Crippen LogP contribution in [0.4, 0.5) is 0 Å². The second-order valence-corrected chi connectivity index (χ2v) is 4.65. The molecule has 3 N–H and O–H groups in total. The van der Waals surface area contributed by atoms with E-state index in [1.807, 2.05) is 31.2 Å². The molecular weight excluding hydrogens is 228 g/mol. The lowest BCUT2D eigenvalue weighted by atomic mass is 9.97. The quantitative estimate of drug-likeness (QED) is 0.574. The average molecular weight is 250 g/mol. The number of rotatable bonds is 7. The number of nitrogens with one attached hydrogen (secondary N) is 1. The molecule has 1 saturated carbocycles. The second-order valence-electron chi connectivity index (χ2n) is 4.65. The normalized spacial score (nSPS) is 18.4. The minimum atomic E-state index is -0.0229. The molecule has 1 aromatic rings. The van der Waals surface area contributed by atoms with Crippen molar-refractivity contribution in [2.24, 2.45) is 11.8 Å². The van der Waals surface area contributed by atoms with Crippen LogP contribution in [0.2, 0.25) is 0 Å². The van der Waals surface area contributed by atoms with Crippen molar-refractivity contribution in [1.29, 1.82) is 0 Å². The van der Waals surface area contributed by atoms with Gasteiger partial charge in [-0.15, -0.1) is 0 Å². The molecule has 4 nitrogen and oxygen atoms in total. The summed E-state index contributed by atoms with van der Waals surface area (Å²) in [6.45, 7) is 2.63. The minimum absolute atomic E-state index is 0.0229. The summed E-state index contributed by atoms with van der Waals surface area (Å²) in [6, 6.07) is 7.97. The molecule has 0 amide bonds. The Morgan fingerprint density at radius 1 is 1.39 bits per heavy atom. The van der Waals surface area contributed by atoms with Crippen LogP contribution in [0.1, 0.15) is 31.4 Å². The van der Waals surface area contributed by atoms with Crippen LogP contribution in [0.15, 0.2) is 24.3 Å². The predicted molar refractivity (Wildman–Crippen MR) is 71.2 cm³/mol. The van der Waals surface area contributed by atoms with Gasteiger partial charge in [0, 0.05) is 12.7 Å². The van der Waals surface area contributed by atoms with E-state index < -0.39 is 0 Å². The Morgan fingerprint density at radius 2 is 2.11 bits per heavy atom. The first kappa shape index (κ1) is 13.3. The van der Waals surface area contributed by atoms with Crippen LogP contribution < -0.4 is 16.0 Å². The molecule has 18 heavy (non-hydrogen) atoms. The number of hydrazine groups is 1. The summed E-state index contributed by atoms with van der Waals surface area (Å²) < 4.78 is 11.3. The van der Waals surface area contributed by atoms with Crippen molar-refractivity contribution in [3.8, 4) is 5.75 Å². The lowest BCUT2D eigenvalue weighted by Gasteiger charge is -2.27. The van der Waals surface area contributed by atoms with Crippen molar-refractivity contribution in [2.75, 3.05) is 13.7 Å². The Kier molecular flexibility index (Phi) is 4.58. The van der Waals surface area contributed by atoms with E-state index >= 15 is 0 Å². The Balaban J connectivity index is 2.25. The average Bonchev–Trinajstić information content (AvgIpc) is 3.21. The summed E-state index contributed by atoms with van der Waals surface area (Å²) in [5.74, 6) is 7.21. The lowest BCUT2D eigenvalue weighted by Crippen LogP contribution is -2.39. The van der Waals surface area contributed by atoms with Crippen molar-refractivity contribution < 1.29 is 9.47 Å². The van der Waals surface area contributed by atoms with Gasteiger partial charge in [-0.1, -0.05) is 18.2 Å². The van der Waals surface area contributed by atoms with Gasteiger partial charge in [0.25, 0.3) is 0 Å². The Bertz CT molecular complexity index is 380. The van der Waals surface area contributed by atoms with Crippen LogP contribution in [0.3, 0.4) is 0 Å². The SMILES string of the molecule is CCOc1ccccc1C(NN)C(OC)C1CC1. The number of para-hydroxylation sites is 1. The van der Waals surface area contributed by atoms with Crippen molar-refractivity contribution >= 4 is 0 Å². The zero-order valence-corrected chi connectivity index (χ0v) is 11.1. The maximum atomic E-state index is 5.73. The first-order valence-corrected chi connectivity index (χ1v) is 6.52. The highest BCUT2D eigenvalue weighted by molar-refractivity contribution is 5.36. The molecule has 1 aliphatic rings. The third-order valence-electron chi connectivity index (χ3n) is 3.42. The topological polar surface area (TPSA) is 56.5 Å². The van der Waals surface area contributed by atoms with Crippen LogP contribution in [0, 0.1) is 5.92 Å². The molecule has 1 fully saturated rings. The zero-order chi connectivity index (χ0) is 13.0. The maximum absolute atomic E-state index is 5.73. The molecule has 1 aromatic carbocycles. The summed E-state index contributed by atoms with van der Waals surface area (Å²) in [6.07, 6.45) is 2.54. The summed E-state index contributed by atoms with van der Waals surface area (Å²) >= 11 is 0. The summed E-state index contributed by atoms with van der Waals surface area (Å²) in [7, 11) is 1.75. The summed E-state index contributed by atoms with van der Waals surface area (Å²) in [4.78, 5) is 0. The number of nitrogens with two attached hydrogens (primary N) is 1. The fraction of sp³-hybridized carbons (Fsp3) is 0.571. The molecule has 0 aliphatic heterocycles. The van der Waals surface area contributed by atoms with Gasteiger partial charge < -0.3 is 9.47 Å². The fourth-order valence-corrected chi connectivity index (χ4v) is 2.41. The lowest BCUT2D eigenvalue weighted by molar-refractivity contribution is 0.0497. The van der Waals surface area contributed by atoms with Crippen molar-refractivity contribution in [1.82, 2.24) is 5.43 Å². The molecule has 0 spiro atoms. The molecule has 4 heteroatoms. The van der Waals surface area contributed by atoms with Gasteiger partial charge >= 0.3 is 0 Å². The van der Waals surface area contributed by atoms with Crippen LogP contribution in [-0.2, 0) is 4.74 Å². The highest BCUT2D eigenvalue weighted by Gasteiger charge is 2.38. The molecule has 0 radical (unpaired) electrons. The van der Waals surface area contributed by atoms with E-state index in [0.29, 0.717) is 12.5 Å². The van der Waals surface area contributed by atoms with Gasteiger partial charge in [-0.3, -0.25) is 11.3 Å². The Labute approximate surface area is 108 Å². The van der Waals surface area contributed by atoms with E-state index in [4.69, 9.17) is 15.3 Å². The first-order valence-electron chi connectivity index (χ1n) is 6.52. The number of benzene rings is 1. The van der Waals surface area contributed by atoms with Gasteiger partial charge in [-0.25, -0.2) is 0 Å². The molecule has 2 rings (SSSR count). The molecule has 2 atom stereocenters. The maximum Gasteiger partial charge on any atom is 0.124 e. The summed E-state index contributed by atoms with van der Waals surface area (Å²) in [5, 5.41) is 0. The smallest absolute Gasteiger partial charge is 0.124 e. The molecule has 0 heterocycles. The largest absolute Gasteiger partial charge is 0.494 e. The number of methoxy groups -OCH3 is 1. The van der Waals surface area contributed by atoms with Gasteiger partial charge in [-0.2, -0.15) is 0 Å². The van der Waals surface area contributed by atoms with E-state index in [9.17, 15) is 0 Å². The van der Waals surface area contributed by atoms with Gasteiger partial charge in [0.2, 0.25) is 0 Å². The number of ether oxygens (including phenoxy) is 2. The number of hydrogen-bond donors (Lipinski definition) is 2. The highest BCUT2D eigenvalue weighted by Crippen LogP contribution is 2.41. The van der Waals surface area contributed by atoms with Crippen LogP contribution in [0.5, 0.6) is 5.75 Å². The third-order valence-corrected chi connectivity index (χ3v) is 3.42. The molecule has 1 aliphatic carbocycles. The first-order chi connectivity index (χ1) is 8.81. The van der Waals surface area contributed by atoms with Crippen molar-refractivity contribution in [3.05, 3.63) is 29.8 Å². The highest BCUT2D eigenvalue weighted by atomic mass is 16.5. The second kappa shape index (κ2) is 6.18. The van der Waals surface area contributed by atoms with E-state index in [-0.39, 0.29) is 12.1 Å². The molecular formula is C14H22N2O2. The monoisotopic (exact) mass is 250 g/mol. The van der Waals surface area contributed by atoms with Crippen molar-refractivity contribution in [2.45, 2.75) is 31.9 Å². The Morgan fingerprint density at radius 3 is 2.67 bits per heavy atom. The molecule has 0 saturated heterocycles. The predicted octanol–water partition coefficient (Wildman–Crippen LogP) is 2.01. The number of hydrogen-bond acceptors (Lipinski definition) is 4. The van der Waals surface area contributed by atoms with Gasteiger partial charge in [-0.05, 0) is 31.7 Å². The molecule has 100 valence electrons. The van der Waals surface area contributed by atoms with Gasteiger partial charge in [0.15, 0.2) is 0 Å². The minimum Gasteiger partial charge on any atom is -0.494 e. The molecule has 0 bridgehead atoms. The molecule has 0 aromatic heterocycles. The van der Waals surface area contributed by atoms with Gasteiger partial charge in [0.05, 0.1) is 18.8 Å². The standard InChI is InChI=1S/C14H22N2O2/c1-3-18-12-7-5-4-6-11(12)13(16-15)14(17-2)10-8-9-10/h4-7,10,13-14,16H,3,8-9,15H2,1-2H3. The van der Waals surface area contributed by atoms with Crippen molar-refractivity contribution in [3.63, 3.8) is 0 Å². The summed E-state index contributed by atoms with van der Waals surface area (Å²) in [5.41, 5.74) is 3.95. The zero-order valence-electron chi connectivity index (χ0n) is 11.1. The van der Waals surface area contributed by atoms with E-state index in [1.54, 1.807) is 7.11 Å².